The SMILES string of the molecule is CCc1ccc2nc(N3C(=O)C(=O)C(=C(O)c4ccc(Cl)cc4)C3c3ccc(Cl)cc3)sc2c1. The first-order chi connectivity index (χ1) is 16.4. The topological polar surface area (TPSA) is 70.5 Å². The zero-order chi connectivity index (χ0) is 24.0. The average Bonchev–Trinajstić information content (AvgIpc) is 3.37. The maximum Gasteiger partial charge on any atom is 0.301 e. The molecule has 1 saturated heterocycles. The summed E-state index contributed by atoms with van der Waals surface area (Å²) in [6.45, 7) is 2.07. The van der Waals surface area contributed by atoms with Gasteiger partial charge in [-0.05, 0) is 66.1 Å². The van der Waals surface area contributed by atoms with Gasteiger partial charge in [-0.3, -0.25) is 14.5 Å². The van der Waals surface area contributed by atoms with E-state index in [0.29, 0.717) is 26.3 Å². The van der Waals surface area contributed by atoms with E-state index in [0.717, 1.165) is 22.2 Å². The van der Waals surface area contributed by atoms with Crippen molar-refractivity contribution >= 4 is 67.3 Å². The van der Waals surface area contributed by atoms with E-state index in [9.17, 15) is 14.7 Å². The number of aromatic nitrogens is 1. The molecule has 1 amide bonds. The second-order valence-electron chi connectivity index (χ2n) is 7.88. The lowest BCUT2D eigenvalue weighted by Gasteiger charge is -2.23. The summed E-state index contributed by atoms with van der Waals surface area (Å²) in [5.74, 6) is -1.79. The number of nitrogens with zero attached hydrogens (tertiary/aromatic N) is 2. The zero-order valence-corrected chi connectivity index (χ0v) is 20.3. The van der Waals surface area contributed by atoms with Crippen molar-refractivity contribution in [1.82, 2.24) is 4.98 Å². The standard InChI is InChI=1S/C26H18Cl2N2O3S/c1-2-14-3-12-19-20(13-14)34-26(29-19)30-22(15-4-8-17(27)9-5-15)21(24(32)25(30)33)23(31)16-6-10-18(28)11-7-16/h3-13,22,31H,2H2,1H3. The van der Waals surface area contributed by atoms with E-state index in [1.165, 1.54) is 16.2 Å². The van der Waals surface area contributed by atoms with Crippen LogP contribution in [0.3, 0.4) is 0 Å². The molecule has 4 aromatic rings. The van der Waals surface area contributed by atoms with Crippen LogP contribution in [0.15, 0.2) is 72.3 Å². The fourth-order valence-electron chi connectivity index (χ4n) is 4.03. The summed E-state index contributed by atoms with van der Waals surface area (Å²) in [4.78, 5) is 32.6. The molecular formula is C26H18Cl2N2O3S. The van der Waals surface area contributed by atoms with Gasteiger partial charge in [-0.15, -0.1) is 0 Å². The Labute approximate surface area is 209 Å². The highest BCUT2D eigenvalue weighted by molar-refractivity contribution is 7.22. The van der Waals surface area contributed by atoms with Crippen LogP contribution >= 0.6 is 34.5 Å². The van der Waals surface area contributed by atoms with Crippen molar-refractivity contribution in [3.8, 4) is 0 Å². The third-order valence-electron chi connectivity index (χ3n) is 5.80. The Balaban J connectivity index is 1.71. The van der Waals surface area contributed by atoms with E-state index in [1.54, 1.807) is 48.5 Å². The lowest BCUT2D eigenvalue weighted by atomic mass is 9.95. The summed E-state index contributed by atoms with van der Waals surface area (Å²) in [7, 11) is 0. The van der Waals surface area contributed by atoms with Crippen LogP contribution in [-0.2, 0) is 16.0 Å². The maximum absolute atomic E-state index is 13.3. The Morgan fingerprint density at radius 2 is 1.65 bits per heavy atom. The zero-order valence-electron chi connectivity index (χ0n) is 18.0. The molecule has 0 bridgehead atoms. The fourth-order valence-corrected chi connectivity index (χ4v) is 5.34. The van der Waals surface area contributed by atoms with Gasteiger partial charge in [0.25, 0.3) is 5.78 Å². The summed E-state index contributed by atoms with van der Waals surface area (Å²) in [5, 5.41) is 12.6. The van der Waals surface area contributed by atoms with Crippen LogP contribution in [0.25, 0.3) is 16.0 Å². The van der Waals surface area contributed by atoms with Gasteiger partial charge < -0.3 is 5.11 Å². The van der Waals surface area contributed by atoms with E-state index < -0.39 is 17.7 Å². The van der Waals surface area contributed by atoms with Crippen LogP contribution in [0.4, 0.5) is 5.13 Å². The molecule has 2 heterocycles. The van der Waals surface area contributed by atoms with Crippen molar-refractivity contribution in [2.45, 2.75) is 19.4 Å². The molecule has 1 aliphatic heterocycles. The highest BCUT2D eigenvalue weighted by atomic mass is 35.5. The number of carbonyl (C=O) groups excluding carboxylic acids is 2. The number of anilines is 1. The number of aryl methyl sites for hydroxylation is 1. The van der Waals surface area contributed by atoms with Crippen LogP contribution in [-0.4, -0.2) is 21.8 Å². The first-order valence-corrected chi connectivity index (χ1v) is 12.2. The third kappa shape index (κ3) is 3.88. The fraction of sp³-hybridized carbons (Fsp3) is 0.115. The number of aliphatic hydroxyl groups is 1. The molecule has 5 rings (SSSR count). The van der Waals surface area contributed by atoms with Crippen molar-refractivity contribution in [3.63, 3.8) is 0 Å². The number of halogens is 2. The Morgan fingerprint density at radius 3 is 2.29 bits per heavy atom. The van der Waals surface area contributed by atoms with Crippen LogP contribution in [0.1, 0.15) is 29.7 Å². The molecule has 1 unspecified atom stereocenters. The van der Waals surface area contributed by atoms with Gasteiger partial charge >= 0.3 is 5.91 Å². The predicted molar refractivity (Wildman–Crippen MR) is 137 cm³/mol. The van der Waals surface area contributed by atoms with E-state index >= 15 is 0 Å². The molecule has 170 valence electrons. The van der Waals surface area contributed by atoms with Gasteiger partial charge in [0.1, 0.15) is 5.76 Å². The molecule has 1 N–H and O–H groups in total. The number of aliphatic hydroxyl groups excluding tert-OH is 1. The van der Waals surface area contributed by atoms with Crippen molar-refractivity contribution in [2.75, 3.05) is 4.90 Å². The Kier molecular flexibility index (Phi) is 5.90. The summed E-state index contributed by atoms with van der Waals surface area (Å²) < 4.78 is 0.920. The number of carbonyl (C=O) groups is 2. The minimum Gasteiger partial charge on any atom is -0.507 e. The number of thiazole rings is 1. The lowest BCUT2D eigenvalue weighted by molar-refractivity contribution is -0.132. The summed E-state index contributed by atoms with van der Waals surface area (Å²) in [5.41, 5.74) is 2.91. The van der Waals surface area contributed by atoms with Gasteiger partial charge in [0.05, 0.1) is 21.8 Å². The summed E-state index contributed by atoms with van der Waals surface area (Å²) in [6.07, 6.45) is 0.875. The highest BCUT2D eigenvalue weighted by Gasteiger charge is 2.48. The molecule has 1 aromatic heterocycles. The van der Waals surface area contributed by atoms with Crippen LogP contribution < -0.4 is 4.90 Å². The molecule has 34 heavy (non-hydrogen) atoms. The van der Waals surface area contributed by atoms with Crippen LogP contribution in [0.5, 0.6) is 0 Å². The van der Waals surface area contributed by atoms with Gasteiger partial charge in [-0.2, -0.15) is 0 Å². The molecule has 5 nitrogen and oxygen atoms in total. The van der Waals surface area contributed by atoms with Crippen molar-refractivity contribution in [1.29, 1.82) is 0 Å². The number of benzene rings is 3. The van der Waals surface area contributed by atoms with Gasteiger partial charge in [0.15, 0.2) is 5.13 Å². The van der Waals surface area contributed by atoms with Crippen molar-refractivity contribution in [3.05, 3.63) is 99.0 Å². The Bertz CT molecular complexity index is 1460. The highest BCUT2D eigenvalue weighted by Crippen LogP contribution is 2.44. The molecule has 1 fully saturated rings. The van der Waals surface area contributed by atoms with Crippen molar-refractivity contribution < 1.29 is 14.7 Å². The molecule has 0 aliphatic carbocycles. The van der Waals surface area contributed by atoms with E-state index in [1.807, 2.05) is 18.2 Å². The first kappa shape index (κ1) is 22.6. The van der Waals surface area contributed by atoms with E-state index in [4.69, 9.17) is 23.2 Å². The Hall–Kier alpha value is -3.19. The molecule has 1 aliphatic rings. The molecule has 8 heteroatoms. The number of hydrogen-bond acceptors (Lipinski definition) is 5. The summed E-state index contributed by atoms with van der Waals surface area (Å²) in [6, 6.07) is 18.4. The van der Waals surface area contributed by atoms with Gasteiger partial charge in [-0.25, -0.2) is 4.98 Å². The van der Waals surface area contributed by atoms with E-state index in [-0.39, 0.29) is 11.3 Å². The second-order valence-corrected chi connectivity index (χ2v) is 9.76. The molecule has 0 spiro atoms. The third-order valence-corrected chi connectivity index (χ3v) is 7.33. The molecule has 0 radical (unpaired) electrons. The van der Waals surface area contributed by atoms with Crippen LogP contribution in [0, 0.1) is 0 Å². The molecule has 1 atom stereocenters. The van der Waals surface area contributed by atoms with Crippen molar-refractivity contribution in [2.24, 2.45) is 0 Å². The van der Waals surface area contributed by atoms with Gasteiger partial charge in [-0.1, -0.05) is 59.7 Å². The minimum atomic E-state index is -0.862. The van der Waals surface area contributed by atoms with E-state index in [2.05, 4.69) is 11.9 Å². The quantitative estimate of drug-likeness (QED) is 0.187. The number of fused-ring (bicyclic) bond motifs is 1. The minimum absolute atomic E-state index is 0.0110. The summed E-state index contributed by atoms with van der Waals surface area (Å²) >= 11 is 13.4. The number of Topliss-reactive ketones (excluding diaryl/α,β-unsaturated/α-hetero) is 1. The first-order valence-electron chi connectivity index (χ1n) is 10.6. The molecule has 0 saturated carbocycles. The molecular weight excluding hydrogens is 491 g/mol. The monoisotopic (exact) mass is 508 g/mol. The normalized spacial score (nSPS) is 17.6. The average molecular weight is 509 g/mol. The second kappa shape index (κ2) is 8.87. The number of ketones is 1. The van der Waals surface area contributed by atoms with Gasteiger partial charge in [0, 0.05) is 15.6 Å². The number of amides is 1. The maximum atomic E-state index is 13.3. The van der Waals surface area contributed by atoms with Gasteiger partial charge in [0.2, 0.25) is 0 Å². The number of hydrogen-bond donors (Lipinski definition) is 1. The number of rotatable bonds is 4. The Morgan fingerprint density at radius 1 is 1.00 bits per heavy atom. The lowest BCUT2D eigenvalue weighted by Crippen LogP contribution is -2.29. The predicted octanol–water partition coefficient (Wildman–Crippen LogP) is 6.79. The molecule has 3 aromatic carbocycles. The smallest absolute Gasteiger partial charge is 0.301 e. The largest absolute Gasteiger partial charge is 0.507 e. The van der Waals surface area contributed by atoms with Crippen LogP contribution in [0.2, 0.25) is 10.0 Å².